The Hall–Kier alpha value is -2.22. The molecule has 0 saturated heterocycles. The van der Waals surface area contributed by atoms with Crippen molar-refractivity contribution in [2.75, 3.05) is 30.5 Å². The van der Waals surface area contributed by atoms with E-state index >= 15 is 0 Å². The molecule has 38 heavy (non-hydrogen) atoms. The Kier molecular flexibility index (Phi) is 10.6. The number of carbonyl (C=O) groups is 1. The highest BCUT2D eigenvalue weighted by atomic mass is 35.5. The van der Waals surface area contributed by atoms with E-state index < -0.39 is 18.1 Å². The van der Waals surface area contributed by atoms with Crippen LogP contribution in [0, 0.1) is 0 Å². The summed E-state index contributed by atoms with van der Waals surface area (Å²) in [6.07, 6.45) is 4.46. The molecule has 2 aromatic heterocycles. The third-order valence-corrected chi connectivity index (χ3v) is 10.4. The first-order chi connectivity index (χ1) is 17.9. The lowest BCUT2D eigenvalue weighted by Crippen LogP contribution is -2.35. The first-order valence-corrected chi connectivity index (χ1v) is 18.3. The van der Waals surface area contributed by atoms with Crippen LogP contribution in [0.2, 0.25) is 35.7 Å². The number of sulfonamides is 1. The highest BCUT2D eigenvalue weighted by molar-refractivity contribution is 7.99. The Morgan fingerprint density at radius 3 is 2.55 bits per heavy atom. The lowest BCUT2D eigenvalue weighted by molar-refractivity contribution is 0.102. The molecule has 0 aliphatic carbocycles. The molecule has 0 atom stereocenters. The predicted molar refractivity (Wildman–Crippen MR) is 153 cm³/mol. The van der Waals surface area contributed by atoms with Crippen molar-refractivity contribution in [1.82, 2.24) is 15.0 Å². The fourth-order valence-electron chi connectivity index (χ4n) is 3.05. The number of anilines is 1. The highest BCUT2D eigenvalue weighted by Crippen LogP contribution is 2.35. The topological polar surface area (TPSA) is 112 Å². The van der Waals surface area contributed by atoms with Gasteiger partial charge in [-0.05, 0) is 30.3 Å². The van der Waals surface area contributed by atoms with E-state index in [9.17, 15) is 13.2 Å². The largest absolute Gasteiger partial charge is 0.478 e. The van der Waals surface area contributed by atoms with Crippen molar-refractivity contribution in [2.45, 2.75) is 35.6 Å². The molecule has 204 valence electrons. The fraction of sp³-hybridized carbons (Fsp3) is 0.333. The molecule has 14 heteroatoms. The number of thioether (sulfide) groups is 1. The standard InChI is InChI=1S/C24H28Cl2N4O5S2Si/c1-34-24-23(28-14-21(29-24)36-15-19(31)17-7-6-10-27-13-17)30(16-35-11-12-38(2,3)4)37(32,33)20-9-5-8-18(25)22(20)26/h5-10,13-14H,11-12,15-16H2,1-4H3. The van der Waals surface area contributed by atoms with Crippen molar-refractivity contribution in [3.63, 3.8) is 0 Å². The molecule has 9 nitrogen and oxygen atoms in total. The van der Waals surface area contributed by atoms with Gasteiger partial charge < -0.3 is 9.47 Å². The van der Waals surface area contributed by atoms with Gasteiger partial charge in [0.25, 0.3) is 15.9 Å². The summed E-state index contributed by atoms with van der Waals surface area (Å²) in [5, 5.41) is 0.352. The summed E-state index contributed by atoms with van der Waals surface area (Å²) >= 11 is 13.5. The molecular formula is C24H28Cl2N4O5S2Si. The van der Waals surface area contributed by atoms with Crippen LogP contribution in [0.15, 0.2) is 58.8 Å². The zero-order valence-electron chi connectivity index (χ0n) is 21.3. The Labute approximate surface area is 238 Å². The summed E-state index contributed by atoms with van der Waals surface area (Å²) in [5.41, 5.74) is 0.475. The Morgan fingerprint density at radius 1 is 1.13 bits per heavy atom. The zero-order chi connectivity index (χ0) is 27.9. The van der Waals surface area contributed by atoms with Crippen molar-refractivity contribution < 1.29 is 22.7 Å². The molecule has 0 spiro atoms. The van der Waals surface area contributed by atoms with Gasteiger partial charge in [-0.1, -0.05) is 60.7 Å². The maximum Gasteiger partial charge on any atom is 0.269 e. The van der Waals surface area contributed by atoms with Crippen LogP contribution in [-0.2, 0) is 14.8 Å². The minimum atomic E-state index is -4.28. The van der Waals surface area contributed by atoms with Crippen LogP contribution in [0.3, 0.4) is 0 Å². The number of hydrogen-bond donors (Lipinski definition) is 0. The molecular weight excluding hydrogens is 587 g/mol. The maximum absolute atomic E-state index is 13.8. The van der Waals surface area contributed by atoms with Gasteiger partial charge >= 0.3 is 0 Å². The molecule has 3 rings (SSSR count). The quantitative estimate of drug-likeness (QED) is 0.0790. The Bertz CT molecular complexity index is 1380. The average Bonchev–Trinajstić information content (AvgIpc) is 2.88. The first-order valence-electron chi connectivity index (χ1n) is 11.5. The van der Waals surface area contributed by atoms with E-state index in [0.29, 0.717) is 17.2 Å². The van der Waals surface area contributed by atoms with Gasteiger partial charge in [0.15, 0.2) is 5.78 Å². The number of ether oxygens (including phenoxy) is 2. The van der Waals surface area contributed by atoms with Gasteiger partial charge in [0, 0.05) is 32.6 Å². The SMILES string of the molecule is COc1nc(SCC(=O)c2cccnc2)cnc1N(COCC[Si](C)(C)C)S(=O)(=O)c1cccc(Cl)c1Cl. The molecule has 0 radical (unpaired) electrons. The second-order valence-corrected chi connectivity index (χ2v) is 18.5. The minimum Gasteiger partial charge on any atom is -0.478 e. The summed E-state index contributed by atoms with van der Waals surface area (Å²) in [5.74, 6) is -0.189. The number of nitrogens with zero attached hydrogens (tertiary/aromatic N) is 4. The smallest absolute Gasteiger partial charge is 0.269 e. The molecule has 0 fully saturated rings. The molecule has 1 aromatic carbocycles. The van der Waals surface area contributed by atoms with E-state index in [4.69, 9.17) is 32.7 Å². The van der Waals surface area contributed by atoms with E-state index in [1.807, 2.05) is 0 Å². The molecule has 0 aliphatic rings. The van der Waals surface area contributed by atoms with Crippen LogP contribution in [0.25, 0.3) is 0 Å². The van der Waals surface area contributed by atoms with Gasteiger partial charge in [0.05, 0.1) is 29.1 Å². The molecule has 3 aromatic rings. The predicted octanol–water partition coefficient (Wildman–Crippen LogP) is 5.67. The normalized spacial score (nSPS) is 11.8. The molecule has 0 amide bonds. The van der Waals surface area contributed by atoms with Gasteiger partial charge in [-0.25, -0.2) is 22.7 Å². The number of ketones is 1. The van der Waals surface area contributed by atoms with Crippen molar-refractivity contribution in [3.05, 3.63) is 64.5 Å². The van der Waals surface area contributed by atoms with Gasteiger partial charge in [-0.2, -0.15) is 0 Å². The highest BCUT2D eigenvalue weighted by Gasteiger charge is 2.32. The van der Waals surface area contributed by atoms with Crippen LogP contribution in [-0.4, -0.2) is 63.4 Å². The fourth-order valence-corrected chi connectivity index (χ4v) is 6.57. The molecule has 0 unspecified atom stereocenters. The summed E-state index contributed by atoms with van der Waals surface area (Å²) in [6, 6.07) is 8.54. The number of benzene rings is 1. The van der Waals surface area contributed by atoms with Crippen molar-refractivity contribution >= 4 is 64.7 Å². The van der Waals surface area contributed by atoms with Crippen molar-refractivity contribution in [3.8, 4) is 5.88 Å². The molecule has 0 N–H and O–H groups in total. The van der Waals surface area contributed by atoms with Crippen LogP contribution in [0.1, 0.15) is 10.4 Å². The summed E-state index contributed by atoms with van der Waals surface area (Å²) in [6.45, 7) is 6.61. The molecule has 0 aliphatic heterocycles. The van der Waals surface area contributed by atoms with Crippen molar-refractivity contribution in [1.29, 1.82) is 0 Å². The molecule has 2 heterocycles. The summed E-state index contributed by atoms with van der Waals surface area (Å²) < 4.78 is 39.7. The third kappa shape index (κ3) is 7.90. The number of Topliss-reactive ketones (excluding diaryl/α,β-unsaturated/α-hetero) is 1. The minimum absolute atomic E-state index is 0.0562. The maximum atomic E-state index is 13.8. The number of hydrogen-bond acceptors (Lipinski definition) is 9. The molecule has 0 saturated carbocycles. The van der Waals surface area contributed by atoms with Gasteiger partial charge in [-0.15, -0.1) is 0 Å². The van der Waals surface area contributed by atoms with Gasteiger partial charge in [0.2, 0.25) is 5.82 Å². The lowest BCUT2D eigenvalue weighted by Gasteiger charge is -2.25. The second-order valence-electron chi connectivity index (χ2n) is 9.25. The van der Waals surface area contributed by atoms with E-state index in [2.05, 4.69) is 34.6 Å². The third-order valence-electron chi connectivity index (χ3n) is 5.15. The Morgan fingerprint density at radius 2 is 1.89 bits per heavy atom. The number of aromatic nitrogens is 3. The number of pyridine rings is 1. The number of halogens is 2. The number of methoxy groups -OCH3 is 1. The molecule has 0 bridgehead atoms. The Balaban J connectivity index is 1.91. The van der Waals surface area contributed by atoms with Gasteiger partial charge in [0.1, 0.15) is 16.7 Å². The van der Waals surface area contributed by atoms with Crippen LogP contribution in [0.5, 0.6) is 5.88 Å². The van der Waals surface area contributed by atoms with E-state index in [-0.39, 0.29) is 44.9 Å². The lowest BCUT2D eigenvalue weighted by atomic mass is 10.2. The van der Waals surface area contributed by atoms with E-state index in [1.165, 1.54) is 37.7 Å². The first kappa shape index (κ1) is 30.3. The number of rotatable bonds is 13. The van der Waals surface area contributed by atoms with Crippen LogP contribution < -0.4 is 9.04 Å². The van der Waals surface area contributed by atoms with Crippen molar-refractivity contribution in [2.24, 2.45) is 0 Å². The number of carbonyl (C=O) groups excluding carboxylic acids is 1. The monoisotopic (exact) mass is 614 g/mol. The zero-order valence-corrected chi connectivity index (χ0v) is 25.5. The van der Waals surface area contributed by atoms with E-state index in [0.717, 1.165) is 22.1 Å². The second kappa shape index (κ2) is 13.2. The summed E-state index contributed by atoms with van der Waals surface area (Å²) in [7, 11) is -4.35. The summed E-state index contributed by atoms with van der Waals surface area (Å²) in [4.78, 5) is 24.9. The average molecular weight is 616 g/mol. The van der Waals surface area contributed by atoms with Crippen LogP contribution in [0.4, 0.5) is 5.82 Å². The van der Waals surface area contributed by atoms with E-state index in [1.54, 1.807) is 18.3 Å². The van der Waals surface area contributed by atoms with Gasteiger partial charge in [-0.3, -0.25) is 9.78 Å². The van der Waals surface area contributed by atoms with Crippen LogP contribution >= 0.6 is 35.0 Å².